The highest BCUT2D eigenvalue weighted by Crippen LogP contribution is 2.13. The van der Waals surface area contributed by atoms with Crippen LogP contribution in [0.5, 0.6) is 0 Å². The predicted molar refractivity (Wildman–Crippen MR) is 199 cm³/mol. The largest absolute Gasteiger partial charge is 0.394 e. The Morgan fingerprint density at radius 1 is 0.543 bits per heavy atom. The van der Waals surface area contributed by atoms with Gasteiger partial charge in [0.05, 0.1) is 18.8 Å². The van der Waals surface area contributed by atoms with Crippen molar-refractivity contribution in [1.82, 2.24) is 5.32 Å². The fraction of sp³-hybridized carbons (Fsp3) is 0.732. The zero-order chi connectivity index (χ0) is 33.8. The smallest absolute Gasteiger partial charge is 0.249 e. The molecule has 0 saturated heterocycles. The van der Waals surface area contributed by atoms with Crippen molar-refractivity contribution in [2.24, 2.45) is 0 Å². The highest BCUT2D eigenvalue weighted by molar-refractivity contribution is 5.80. The van der Waals surface area contributed by atoms with Crippen molar-refractivity contribution in [1.29, 1.82) is 0 Å². The lowest BCUT2D eigenvalue weighted by atomic mass is 10.0. The summed E-state index contributed by atoms with van der Waals surface area (Å²) in [6.45, 7) is 4.09. The number of rotatable bonds is 33. The van der Waals surface area contributed by atoms with E-state index in [0.717, 1.165) is 44.9 Å². The summed E-state index contributed by atoms with van der Waals surface area (Å²) in [7, 11) is 0. The fourth-order valence-corrected chi connectivity index (χ4v) is 5.26. The molecule has 3 atom stereocenters. The number of nitrogens with one attached hydrogen (secondary N) is 1. The van der Waals surface area contributed by atoms with E-state index in [1.54, 1.807) is 6.08 Å². The van der Waals surface area contributed by atoms with Gasteiger partial charge >= 0.3 is 0 Å². The number of aliphatic hydroxyl groups is 3. The minimum Gasteiger partial charge on any atom is -0.394 e. The second-order valence-corrected chi connectivity index (χ2v) is 12.8. The normalized spacial score (nSPS) is 14.5. The van der Waals surface area contributed by atoms with Crippen LogP contribution in [0.3, 0.4) is 0 Å². The molecule has 5 heteroatoms. The van der Waals surface area contributed by atoms with Crippen LogP contribution in [0.4, 0.5) is 0 Å². The fourth-order valence-electron chi connectivity index (χ4n) is 5.26. The summed E-state index contributed by atoms with van der Waals surface area (Å²) in [4.78, 5) is 12.4. The number of allylic oxidation sites excluding steroid dienone is 9. The van der Waals surface area contributed by atoms with Gasteiger partial charge in [0.15, 0.2) is 0 Å². The molecule has 0 aliphatic rings. The molecule has 266 valence electrons. The number of hydrogen-bond donors (Lipinski definition) is 4. The molecule has 0 spiro atoms. The van der Waals surface area contributed by atoms with E-state index in [1.165, 1.54) is 103 Å². The Kier molecular flexibility index (Phi) is 34.4. The lowest BCUT2D eigenvalue weighted by molar-refractivity contribution is -0.131. The number of carbonyl (C=O) groups is 1. The summed E-state index contributed by atoms with van der Waals surface area (Å²) in [5.74, 6) is -0.526. The first-order valence-electron chi connectivity index (χ1n) is 19.1. The highest BCUT2D eigenvalue weighted by Gasteiger charge is 2.22. The second-order valence-electron chi connectivity index (χ2n) is 12.8. The maximum absolute atomic E-state index is 12.4. The standard InChI is InChI=1S/C41H73NO4/c1-3-5-7-9-11-13-15-17-19-20-21-22-24-26-28-30-32-34-36-40(45)41(46)42-38(37-43)39(44)35-33-31-29-27-25-23-18-16-14-12-10-8-6-4-2/h11,13-17,25,27,33,35,38-40,43-45H,3-10,12,18-24,26,28-32,34,36-37H2,1-2H3,(H,42,46)/b13-11-,16-14+,17-15-,27-25+,35-33+. The zero-order valence-corrected chi connectivity index (χ0v) is 29.9. The second kappa shape index (κ2) is 35.9. The van der Waals surface area contributed by atoms with E-state index in [9.17, 15) is 20.1 Å². The van der Waals surface area contributed by atoms with Gasteiger partial charge in [0.2, 0.25) is 5.91 Å². The lowest BCUT2D eigenvalue weighted by Gasteiger charge is -2.21. The van der Waals surface area contributed by atoms with Gasteiger partial charge in [-0.2, -0.15) is 0 Å². The summed E-state index contributed by atoms with van der Waals surface area (Å²) in [5.41, 5.74) is 0. The molecule has 0 aliphatic heterocycles. The maximum Gasteiger partial charge on any atom is 0.249 e. The van der Waals surface area contributed by atoms with Crippen molar-refractivity contribution in [3.8, 4) is 0 Å². The van der Waals surface area contributed by atoms with Crippen LogP contribution in [0.25, 0.3) is 0 Å². The summed E-state index contributed by atoms with van der Waals surface area (Å²) in [6.07, 6.45) is 46.6. The molecule has 5 nitrogen and oxygen atoms in total. The monoisotopic (exact) mass is 644 g/mol. The minimum absolute atomic E-state index is 0.386. The third kappa shape index (κ3) is 30.7. The Labute approximate surface area is 284 Å². The highest BCUT2D eigenvalue weighted by atomic mass is 16.3. The van der Waals surface area contributed by atoms with Crippen molar-refractivity contribution in [2.45, 2.75) is 186 Å². The van der Waals surface area contributed by atoms with Gasteiger partial charge < -0.3 is 20.6 Å². The summed E-state index contributed by atoms with van der Waals surface area (Å²) < 4.78 is 0. The molecule has 0 aromatic heterocycles. The van der Waals surface area contributed by atoms with E-state index in [4.69, 9.17) is 0 Å². The van der Waals surface area contributed by atoms with Gasteiger partial charge in [0.1, 0.15) is 6.10 Å². The SMILES string of the molecule is CCCCC/C=C\C=C/CCCCCCCCCCCC(O)C(=O)NC(CO)C(O)/C=C/CC/C=C/CC/C=C/CCCCCC. The topological polar surface area (TPSA) is 89.8 Å². The van der Waals surface area contributed by atoms with E-state index < -0.39 is 24.2 Å². The van der Waals surface area contributed by atoms with Crippen LogP contribution < -0.4 is 5.32 Å². The van der Waals surface area contributed by atoms with E-state index in [2.05, 4.69) is 67.8 Å². The molecule has 0 radical (unpaired) electrons. The van der Waals surface area contributed by atoms with Crippen LogP contribution in [-0.4, -0.2) is 46.1 Å². The Balaban J connectivity index is 3.82. The van der Waals surface area contributed by atoms with E-state index in [1.807, 2.05) is 6.08 Å². The summed E-state index contributed by atoms with van der Waals surface area (Å²) in [6, 6.07) is -0.823. The third-order valence-electron chi connectivity index (χ3n) is 8.34. The van der Waals surface area contributed by atoms with Gasteiger partial charge in [0.25, 0.3) is 0 Å². The molecular formula is C41H73NO4. The Morgan fingerprint density at radius 3 is 1.50 bits per heavy atom. The molecule has 4 N–H and O–H groups in total. The van der Waals surface area contributed by atoms with Gasteiger partial charge in [-0.05, 0) is 70.6 Å². The first-order valence-corrected chi connectivity index (χ1v) is 19.1. The van der Waals surface area contributed by atoms with Gasteiger partial charge in [0, 0.05) is 0 Å². The molecule has 0 aliphatic carbocycles. The molecule has 1 amide bonds. The van der Waals surface area contributed by atoms with Crippen LogP contribution in [0.1, 0.15) is 168 Å². The predicted octanol–water partition coefficient (Wildman–Crippen LogP) is 10.4. The van der Waals surface area contributed by atoms with Crippen molar-refractivity contribution >= 4 is 5.91 Å². The van der Waals surface area contributed by atoms with Crippen molar-refractivity contribution < 1.29 is 20.1 Å². The number of hydrogen-bond acceptors (Lipinski definition) is 4. The lowest BCUT2D eigenvalue weighted by Crippen LogP contribution is -2.48. The van der Waals surface area contributed by atoms with Crippen LogP contribution >= 0.6 is 0 Å². The quantitative estimate of drug-likeness (QED) is 0.0325. The number of carbonyl (C=O) groups excluding carboxylic acids is 1. The Hall–Kier alpha value is -1.95. The van der Waals surface area contributed by atoms with Gasteiger partial charge in [-0.25, -0.2) is 0 Å². The first kappa shape index (κ1) is 44.0. The van der Waals surface area contributed by atoms with Crippen molar-refractivity contribution in [3.05, 3.63) is 60.8 Å². The van der Waals surface area contributed by atoms with Crippen molar-refractivity contribution in [3.63, 3.8) is 0 Å². The van der Waals surface area contributed by atoms with E-state index in [0.29, 0.717) is 6.42 Å². The number of unbranched alkanes of at least 4 members (excludes halogenated alkanes) is 18. The molecule has 3 unspecified atom stereocenters. The molecule has 0 bridgehead atoms. The number of amides is 1. The molecule has 0 rings (SSSR count). The number of aliphatic hydroxyl groups excluding tert-OH is 3. The Morgan fingerprint density at radius 2 is 0.957 bits per heavy atom. The van der Waals surface area contributed by atoms with Crippen molar-refractivity contribution in [2.75, 3.05) is 6.61 Å². The van der Waals surface area contributed by atoms with Crippen LogP contribution in [-0.2, 0) is 4.79 Å². The molecule has 0 fully saturated rings. The maximum atomic E-state index is 12.4. The third-order valence-corrected chi connectivity index (χ3v) is 8.34. The van der Waals surface area contributed by atoms with Crippen LogP contribution in [0.15, 0.2) is 60.8 Å². The van der Waals surface area contributed by atoms with Gasteiger partial charge in [-0.15, -0.1) is 0 Å². The average Bonchev–Trinajstić information content (AvgIpc) is 3.06. The van der Waals surface area contributed by atoms with E-state index in [-0.39, 0.29) is 6.61 Å². The van der Waals surface area contributed by atoms with E-state index >= 15 is 0 Å². The van der Waals surface area contributed by atoms with Crippen LogP contribution in [0, 0.1) is 0 Å². The first-order chi connectivity index (χ1) is 22.6. The molecule has 0 heterocycles. The molecule has 46 heavy (non-hydrogen) atoms. The molecule has 0 saturated carbocycles. The average molecular weight is 644 g/mol. The summed E-state index contributed by atoms with van der Waals surface area (Å²) >= 11 is 0. The molecule has 0 aromatic rings. The molecular weight excluding hydrogens is 570 g/mol. The minimum atomic E-state index is -1.11. The Bertz CT molecular complexity index is 800. The van der Waals surface area contributed by atoms with Crippen LogP contribution in [0.2, 0.25) is 0 Å². The van der Waals surface area contributed by atoms with Gasteiger partial charge in [-0.1, -0.05) is 158 Å². The zero-order valence-electron chi connectivity index (χ0n) is 29.9. The van der Waals surface area contributed by atoms with Gasteiger partial charge in [-0.3, -0.25) is 4.79 Å². The summed E-state index contributed by atoms with van der Waals surface area (Å²) in [5, 5.41) is 32.9. The molecule has 0 aromatic carbocycles.